The third-order valence-electron chi connectivity index (χ3n) is 5.75. The smallest absolute Gasteiger partial charge is 0.331 e. The van der Waals surface area contributed by atoms with Gasteiger partial charge < -0.3 is 5.11 Å². The van der Waals surface area contributed by atoms with Gasteiger partial charge in [-0.3, -0.25) is 18.8 Å². The second kappa shape index (κ2) is 9.48. The zero-order valence-electron chi connectivity index (χ0n) is 18.1. The van der Waals surface area contributed by atoms with Gasteiger partial charge in [0, 0.05) is 12.1 Å². The van der Waals surface area contributed by atoms with Crippen LogP contribution in [0.4, 0.5) is 4.39 Å². The summed E-state index contributed by atoms with van der Waals surface area (Å²) < 4.78 is 16.7. The lowest BCUT2D eigenvalue weighted by Crippen LogP contribution is -2.29. The number of carbonyl (C=O) groups excluding carboxylic acids is 1. The van der Waals surface area contributed by atoms with Gasteiger partial charge in [-0.15, -0.1) is 0 Å². The first-order chi connectivity index (χ1) is 15.4. The second-order valence-electron chi connectivity index (χ2n) is 8.34. The van der Waals surface area contributed by atoms with Crippen LogP contribution >= 0.6 is 0 Å². The van der Waals surface area contributed by atoms with Crippen LogP contribution in [0.2, 0.25) is 0 Å². The molecule has 32 heavy (non-hydrogen) atoms. The molecule has 1 N–H and O–H groups in total. The van der Waals surface area contributed by atoms with E-state index >= 15 is 0 Å². The van der Waals surface area contributed by atoms with Crippen molar-refractivity contribution >= 4 is 5.78 Å². The largest absolute Gasteiger partial charge is 0.493 e. The molecule has 0 amide bonds. The van der Waals surface area contributed by atoms with E-state index in [0.29, 0.717) is 17.9 Å². The van der Waals surface area contributed by atoms with E-state index in [2.05, 4.69) is 9.88 Å². The molecule has 1 saturated heterocycles. The molecule has 1 aromatic carbocycles. The topological polar surface area (TPSA) is 80.4 Å². The molecule has 0 spiro atoms. The zero-order valence-corrected chi connectivity index (χ0v) is 18.1. The Hall–Kier alpha value is -3.26. The highest BCUT2D eigenvalue weighted by atomic mass is 19.1. The number of benzene rings is 1. The average Bonchev–Trinajstić information content (AvgIpc) is 3.03. The van der Waals surface area contributed by atoms with Crippen LogP contribution in [0.1, 0.15) is 37.4 Å². The molecule has 1 aliphatic rings. The molecule has 168 valence electrons. The Balaban J connectivity index is 1.50. The lowest BCUT2D eigenvalue weighted by Gasteiger charge is -2.26. The Kier molecular flexibility index (Phi) is 6.50. The van der Waals surface area contributed by atoms with Gasteiger partial charge in [-0.25, -0.2) is 14.2 Å². The summed E-state index contributed by atoms with van der Waals surface area (Å²) in [6.07, 6.45) is 4.84. The van der Waals surface area contributed by atoms with E-state index in [1.807, 2.05) is 24.3 Å². The minimum absolute atomic E-state index is 0.160. The Morgan fingerprint density at radius 3 is 2.47 bits per heavy atom. The maximum Gasteiger partial charge on any atom is 0.331 e. The van der Waals surface area contributed by atoms with E-state index in [1.54, 1.807) is 6.07 Å². The van der Waals surface area contributed by atoms with E-state index < -0.39 is 5.69 Å². The first-order valence-electron chi connectivity index (χ1n) is 10.9. The van der Waals surface area contributed by atoms with Gasteiger partial charge in [0.25, 0.3) is 0 Å². The average molecular weight is 439 g/mol. The number of hydrogen-bond acceptors (Lipinski definition) is 5. The maximum atomic E-state index is 14.3. The minimum Gasteiger partial charge on any atom is -0.493 e. The van der Waals surface area contributed by atoms with Gasteiger partial charge in [-0.1, -0.05) is 30.7 Å². The number of aromatic hydroxyl groups is 1. The number of rotatable bonds is 7. The summed E-state index contributed by atoms with van der Waals surface area (Å²) in [6, 6.07) is 10.7. The first kappa shape index (κ1) is 22.0. The van der Waals surface area contributed by atoms with Gasteiger partial charge in [-0.2, -0.15) is 0 Å². The Bertz CT molecular complexity index is 1160. The van der Waals surface area contributed by atoms with Crippen LogP contribution in [0.5, 0.6) is 5.88 Å². The number of halogens is 1. The summed E-state index contributed by atoms with van der Waals surface area (Å²) >= 11 is 0. The fourth-order valence-corrected chi connectivity index (χ4v) is 4.06. The van der Waals surface area contributed by atoms with E-state index in [0.717, 1.165) is 41.6 Å². The molecule has 0 saturated carbocycles. The van der Waals surface area contributed by atoms with Crippen molar-refractivity contribution in [1.29, 1.82) is 0 Å². The SMILES string of the molecule is CC(=O)Cn1c(O)cn(Cc2ccc(-c3ccc(F)c(CN4CCCCC4)n3)cc2)c1=O. The summed E-state index contributed by atoms with van der Waals surface area (Å²) in [7, 11) is 0. The van der Waals surface area contributed by atoms with Crippen molar-refractivity contribution in [2.75, 3.05) is 13.1 Å². The van der Waals surface area contributed by atoms with Crippen molar-refractivity contribution in [3.8, 4) is 17.1 Å². The number of piperidine rings is 1. The van der Waals surface area contributed by atoms with Gasteiger partial charge in [0.15, 0.2) is 0 Å². The van der Waals surface area contributed by atoms with Crippen LogP contribution < -0.4 is 5.69 Å². The summed E-state index contributed by atoms with van der Waals surface area (Å²) in [6.45, 7) is 3.93. The molecular formula is C24H27FN4O3. The van der Waals surface area contributed by atoms with Crippen LogP contribution in [0.3, 0.4) is 0 Å². The summed E-state index contributed by atoms with van der Waals surface area (Å²) in [5, 5.41) is 9.95. The van der Waals surface area contributed by atoms with Crippen LogP contribution in [-0.2, 0) is 24.4 Å². The molecule has 3 heterocycles. The maximum absolute atomic E-state index is 14.3. The monoisotopic (exact) mass is 438 g/mol. The number of carbonyl (C=O) groups is 1. The van der Waals surface area contributed by atoms with Gasteiger partial charge in [0.2, 0.25) is 5.88 Å². The normalized spacial score (nSPS) is 14.6. The fourth-order valence-electron chi connectivity index (χ4n) is 4.06. The quantitative estimate of drug-likeness (QED) is 0.613. The molecular weight excluding hydrogens is 411 g/mol. The second-order valence-corrected chi connectivity index (χ2v) is 8.34. The highest BCUT2D eigenvalue weighted by molar-refractivity contribution is 5.75. The molecule has 1 aliphatic heterocycles. The molecule has 0 bridgehead atoms. The Morgan fingerprint density at radius 2 is 1.78 bits per heavy atom. The number of ketones is 1. The van der Waals surface area contributed by atoms with Crippen molar-refractivity contribution in [1.82, 2.24) is 19.0 Å². The van der Waals surface area contributed by atoms with Crippen molar-refractivity contribution in [3.05, 3.63) is 70.2 Å². The van der Waals surface area contributed by atoms with Gasteiger partial charge in [-0.05, 0) is 50.6 Å². The zero-order chi connectivity index (χ0) is 22.7. The van der Waals surface area contributed by atoms with E-state index in [1.165, 1.54) is 30.2 Å². The number of aromatic nitrogens is 3. The third kappa shape index (κ3) is 4.96. The van der Waals surface area contributed by atoms with Gasteiger partial charge in [0.05, 0.1) is 30.7 Å². The predicted octanol–water partition coefficient (Wildman–Crippen LogP) is 3.18. The lowest BCUT2D eigenvalue weighted by molar-refractivity contribution is -0.117. The van der Waals surface area contributed by atoms with Crippen molar-refractivity contribution in [2.45, 2.75) is 45.8 Å². The molecule has 4 rings (SSSR count). The number of nitrogens with zero attached hydrogens (tertiary/aromatic N) is 4. The number of pyridine rings is 1. The summed E-state index contributed by atoms with van der Waals surface area (Å²) in [4.78, 5) is 30.5. The summed E-state index contributed by atoms with van der Waals surface area (Å²) in [5.74, 6) is -0.736. The van der Waals surface area contributed by atoms with Gasteiger partial charge in [0.1, 0.15) is 11.6 Å². The standard InChI is InChI=1S/C24H27FN4O3/c1-17(30)13-29-23(31)16-28(24(29)32)14-18-5-7-19(8-6-18)21-10-9-20(25)22(26-21)15-27-11-3-2-4-12-27/h5-10,16,31H,2-4,11-15H2,1H3. The van der Waals surface area contributed by atoms with E-state index in [9.17, 15) is 19.1 Å². The molecule has 0 atom stereocenters. The van der Waals surface area contributed by atoms with Crippen LogP contribution in [-0.4, -0.2) is 43.0 Å². The molecule has 3 aromatic rings. The molecule has 1 fully saturated rings. The highest BCUT2D eigenvalue weighted by Crippen LogP contribution is 2.21. The molecule has 0 unspecified atom stereocenters. The van der Waals surface area contributed by atoms with Gasteiger partial charge >= 0.3 is 5.69 Å². The van der Waals surface area contributed by atoms with Crippen molar-refractivity contribution in [2.24, 2.45) is 0 Å². The fraction of sp³-hybridized carbons (Fsp3) is 0.375. The Labute approximate surface area is 185 Å². The summed E-state index contributed by atoms with van der Waals surface area (Å²) in [5.41, 5.74) is 2.43. The van der Waals surface area contributed by atoms with E-state index in [-0.39, 0.29) is 30.6 Å². The molecule has 2 aromatic heterocycles. The molecule has 7 nitrogen and oxygen atoms in total. The number of imidazole rings is 1. The van der Waals surface area contributed by atoms with E-state index in [4.69, 9.17) is 0 Å². The molecule has 0 aliphatic carbocycles. The molecule has 8 heteroatoms. The number of likely N-dealkylation sites (tertiary alicyclic amines) is 1. The van der Waals surface area contributed by atoms with Crippen molar-refractivity contribution in [3.63, 3.8) is 0 Å². The molecule has 0 radical (unpaired) electrons. The van der Waals surface area contributed by atoms with Crippen LogP contribution in [0.15, 0.2) is 47.4 Å². The first-order valence-corrected chi connectivity index (χ1v) is 10.9. The third-order valence-corrected chi connectivity index (χ3v) is 5.75. The number of Topliss-reactive ketones (excluding diaryl/α,β-unsaturated/α-hetero) is 1. The van der Waals surface area contributed by atoms with Crippen LogP contribution in [0, 0.1) is 5.82 Å². The predicted molar refractivity (Wildman–Crippen MR) is 119 cm³/mol. The lowest BCUT2D eigenvalue weighted by atomic mass is 10.1. The Morgan fingerprint density at radius 1 is 1.06 bits per heavy atom. The highest BCUT2D eigenvalue weighted by Gasteiger charge is 2.15. The minimum atomic E-state index is -0.440. The number of hydrogen-bond donors (Lipinski definition) is 1. The van der Waals surface area contributed by atoms with Crippen molar-refractivity contribution < 1.29 is 14.3 Å². The van der Waals surface area contributed by atoms with Crippen LogP contribution in [0.25, 0.3) is 11.3 Å².